The van der Waals surface area contributed by atoms with Crippen LogP contribution in [-0.4, -0.2) is 153 Å². The molecule has 0 unspecified atom stereocenters. The molecule has 0 aliphatic heterocycles. The Balaban J connectivity index is 0.804. The molecule has 0 aliphatic carbocycles. The lowest BCUT2D eigenvalue weighted by molar-refractivity contribution is 0.143. The maximum atomic E-state index is 12.8. The third kappa shape index (κ3) is 18.2. The third-order valence-corrected chi connectivity index (χ3v) is 12.3. The van der Waals surface area contributed by atoms with Crippen LogP contribution >= 0.6 is 0 Å². The number of nitrogens with zero attached hydrogens (tertiary/aromatic N) is 10. The van der Waals surface area contributed by atoms with E-state index in [-0.39, 0.29) is 26.4 Å². The lowest BCUT2D eigenvalue weighted by atomic mass is 10.2. The molecule has 0 bridgehead atoms. The number of fused-ring (bicyclic) bond motifs is 4. The third-order valence-electron chi connectivity index (χ3n) is 12.3. The van der Waals surface area contributed by atoms with E-state index in [1.54, 1.807) is 24.3 Å². The fourth-order valence-electron chi connectivity index (χ4n) is 8.30. The highest BCUT2D eigenvalue weighted by atomic mass is 16.6. The van der Waals surface area contributed by atoms with Gasteiger partial charge in [-0.3, -0.25) is 21.3 Å². The standard InChI is InChI=1S/C56H65N15O8/c1-37-9-13-41-17-21-45(62-49(41)58-37)66-53(72)76-33-5-27-70(28-6-34-77-54(73)67-46-22-18-42-14-10-38(2)59-50(42)63-46)31-25-57-26-32-71(29-7-35-78-55(74)68-47-23-19-43-15-11-39(3)60-51(43)64-47)30-8-36-79-56(75)69-48-24-20-44-16-12-40(4)61-52(44)65-48/h9-24,57H,5-8,25-36H2,1-4H3,(H,58,62,66,72)(H,59,63,67,73)(H,60,64,68,74)(H,61,65,69,75). The summed E-state index contributed by atoms with van der Waals surface area (Å²) in [4.78, 5) is 91.0. The number of pyridine rings is 8. The van der Waals surface area contributed by atoms with Gasteiger partial charge in [0.25, 0.3) is 0 Å². The lowest BCUT2D eigenvalue weighted by Crippen LogP contribution is -2.38. The van der Waals surface area contributed by atoms with Crippen LogP contribution in [0.1, 0.15) is 48.5 Å². The number of carbonyl (C=O) groups is 4. The van der Waals surface area contributed by atoms with Gasteiger partial charge in [0.15, 0.2) is 22.6 Å². The number of anilines is 4. The molecule has 8 rings (SSSR count). The number of nitrogens with one attached hydrogen (secondary N) is 5. The summed E-state index contributed by atoms with van der Waals surface area (Å²) in [5.41, 5.74) is 5.39. The first-order valence-electron chi connectivity index (χ1n) is 26.3. The first-order valence-corrected chi connectivity index (χ1v) is 26.3. The summed E-state index contributed by atoms with van der Waals surface area (Å²) in [5.74, 6) is 1.36. The molecule has 412 valence electrons. The number of carbonyl (C=O) groups excluding carboxylic acids is 4. The Labute approximate surface area is 456 Å². The molecule has 79 heavy (non-hydrogen) atoms. The average molecular weight is 1080 g/mol. The van der Waals surface area contributed by atoms with Crippen molar-refractivity contribution < 1.29 is 38.1 Å². The van der Waals surface area contributed by atoms with Crippen LogP contribution in [0.5, 0.6) is 0 Å². The molecule has 0 saturated heterocycles. The van der Waals surface area contributed by atoms with Gasteiger partial charge in [-0.05, 0) is 150 Å². The van der Waals surface area contributed by atoms with Crippen molar-refractivity contribution in [2.75, 3.05) is 100 Å². The van der Waals surface area contributed by atoms with Crippen molar-refractivity contribution in [1.82, 2.24) is 55.0 Å². The van der Waals surface area contributed by atoms with E-state index in [9.17, 15) is 19.2 Å². The Morgan fingerprint density at radius 3 is 0.835 bits per heavy atom. The highest BCUT2D eigenvalue weighted by Gasteiger charge is 2.14. The fourth-order valence-corrected chi connectivity index (χ4v) is 8.30. The Bertz CT molecular complexity index is 2950. The molecular formula is C56H65N15O8. The van der Waals surface area contributed by atoms with Gasteiger partial charge in [-0.25, -0.2) is 59.0 Å². The van der Waals surface area contributed by atoms with Gasteiger partial charge in [-0.1, -0.05) is 0 Å². The van der Waals surface area contributed by atoms with Crippen molar-refractivity contribution in [3.05, 3.63) is 120 Å². The number of hydrogen-bond donors (Lipinski definition) is 5. The summed E-state index contributed by atoms with van der Waals surface area (Å²) in [7, 11) is 0. The van der Waals surface area contributed by atoms with E-state index in [2.05, 4.69) is 76.3 Å². The number of aryl methyl sites for hydroxylation is 4. The van der Waals surface area contributed by atoms with Crippen LogP contribution in [0.25, 0.3) is 44.1 Å². The number of aromatic nitrogens is 8. The zero-order valence-corrected chi connectivity index (χ0v) is 44.8. The molecule has 8 aromatic rings. The minimum Gasteiger partial charge on any atom is -0.449 e. The number of rotatable bonds is 26. The van der Waals surface area contributed by atoms with E-state index in [1.807, 2.05) is 100 Å². The van der Waals surface area contributed by atoms with Crippen LogP contribution < -0.4 is 26.6 Å². The largest absolute Gasteiger partial charge is 0.449 e. The zero-order valence-electron chi connectivity index (χ0n) is 44.8. The van der Waals surface area contributed by atoms with Crippen molar-refractivity contribution in [2.45, 2.75) is 53.4 Å². The first kappa shape index (κ1) is 56.4. The van der Waals surface area contributed by atoms with Crippen molar-refractivity contribution >= 4 is 91.8 Å². The minimum atomic E-state index is -0.620. The van der Waals surface area contributed by atoms with E-state index in [0.717, 1.165) is 44.3 Å². The highest BCUT2D eigenvalue weighted by molar-refractivity contribution is 5.88. The maximum absolute atomic E-state index is 12.8. The maximum Gasteiger partial charge on any atom is 0.412 e. The van der Waals surface area contributed by atoms with E-state index in [4.69, 9.17) is 18.9 Å². The summed E-state index contributed by atoms with van der Waals surface area (Å²) in [5, 5.41) is 17.7. The Morgan fingerprint density at radius 1 is 0.342 bits per heavy atom. The van der Waals surface area contributed by atoms with E-state index >= 15 is 0 Å². The van der Waals surface area contributed by atoms with Crippen molar-refractivity contribution in [3.8, 4) is 0 Å². The molecule has 0 aliphatic rings. The highest BCUT2D eigenvalue weighted by Crippen LogP contribution is 2.18. The first-order chi connectivity index (χ1) is 38.4. The normalized spacial score (nSPS) is 11.3. The van der Waals surface area contributed by atoms with Crippen LogP contribution in [0.3, 0.4) is 0 Å². The quantitative estimate of drug-likeness (QED) is 0.0250. The predicted molar refractivity (Wildman–Crippen MR) is 301 cm³/mol. The summed E-state index contributed by atoms with van der Waals surface area (Å²) < 4.78 is 22.1. The summed E-state index contributed by atoms with van der Waals surface area (Å²) in [6, 6.07) is 29.5. The van der Waals surface area contributed by atoms with Crippen molar-refractivity contribution in [1.29, 1.82) is 0 Å². The molecule has 0 aromatic carbocycles. The van der Waals surface area contributed by atoms with Crippen LogP contribution in [0.4, 0.5) is 42.4 Å². The van der Waals surface area contributed by atoms with Crippen molar-refractivity contribution in [3.63, 3.8) is 0 Å². The van der Waals surface area contributed by atoms with Gasteiger partial charge in [0.1, 0.15) is 23.3 Å². The molecule has 5 N–H and O–H groups in total. The Morgan fingerprint density at radius 2 is 0.582 bits per heavy atom. The fraction of sp³-hybridized carbons (Fsp3) is 0.357. The van der Waals surface area contributed by atoms with Gasteiger partial charge >= 0.3 is 24.4 Å². The molecule has 8 aromatic heterocycles. The topological polar surface area (TPSA) is 275 Å². The molecule has 0 saturated carbocycles. The Hall–Kier alpha value is -8.80. The van der Waals surface area contributed by atoms with Gasteiger partial charge in [-0.15, -0.1) is 0 Å². The molecule has 23 nitrogen and oxygen atoms in total. The monoisotopic (exact) mass is 1080 g/mol. The molecule has 0 fully saturated rings. The Kier molecular flexibility index (Phi) is 20.4. The smallest absolute Gasteiger partial charge is 0.412 e. The lowest BCUT2D eigenvalue weighted by Gasteiger charge is -2.24. The molecule has 8 heterocycles. The molecular weight excluding hydrogens is 1010 g/mol. The average Bonchev–Trinajstić information content (AvgIpc) is 3.44. The zero-order chi connectivity index (χ0) is 55.3. The van der Waals surface area contributed by atoms with Crippen LogP contribution in [-0.2, 0) is 18.9 Å². The summed E-state index contributed by atoms with van der Waals surface area (Å²) >= 11 is 0. The molecule has 4 amide bonds. The van der Waals surface area contributed by atoms with Gasteiger partial charge < -0.3 is 34.1 Å². The molecule has 23 heteroatoms. The second-order valence-electron chi connectivity index (χ2n) is 18.7. The summed E-state index contributed by atoms with van der Waals surface area (Å²) in [6.07, 6.45) is -0.309. The van der Waals surface area contributed by atoms with Gasteiger partial charge in [0, 0.05) is 96.7 Å². The van der Waals surface area contributed by atoms with Gasteiger partial charge in [0.05, 0.1) is 26.4 Å². The SMILES string of the molecule is Cc1ccc2ccc(NC(=O)OCCCN(CCCOC(=O)Nc3ccc4ccc(C)nc4n3)CCNCCN(CCCOC(=O)Nc3ccc4ccc(C)nc4n3)CCCOC(=O)Nc3ccc4ccc(C)nc4n3)nc2n1. The minimum absolute atomic E-state index is 0.160. The van der Waals surface area contributed by atoms with E-state index < -0.39 is 24.4 Å². The predicted octanol–water partition coefficient (Wildman–Crippen LogP) is 8.74. The van der Waals surface area contributed by atoms with E-state index in [0.29, 0.717) is 124 Å². The van der Waals surface area contributed by atoms with E-state index in [1.165, 1.54) is 0 Å². The molecule has 0 radical (unpaired) electrons. The molecule has 0 atom stereocenters. The van der Waals surface area contributed by atoms with Crippen LogP contribution in [0, 0.1) is 27.7 Å². The van der Waals surface area contributed by atoms with Crippen molar-refractivity contribution in [2.24, 2.45) is 0 Å². The number of hydrogen-bond acceptors (Lipinski definition) is 19. The number of ether oxygens (including phenoxy) is 4. The second kappa shape index (κ2) is 28.5. The van der Waals surface area contributed by atoms with Gasteiger partial charge in [-0.2, -0.15) is 0 Å². The number of amides is 4. The van der Waals surface area contributed by atoms with Crippen LogP contribution in [0.2, 0.25) is 0 Å². The van der Waals surface area contributed by atoms with Gasteiger partial charge in [0.2, 0.25) is 0 Å². The second-order valence-corrected chi connectivity index (χ2v) is 18.7. The molecule has 0 spiro atoms. The summed E-state index contributed by atoms with van der Waals surface area (Å²) in [6.45, 7) is 13.1. The van der Waals surface area contributed by atoms with Crippen LogP contribution in [0.15, 0.2) is 97.1 Å².